The van der Waals surface area contributed by atoms with E-state index in [1.807, 2.05) is 52.3 Å². The number of amides is 1. The van der Waals surface area contributed by atoms with Crippen LogP contribution in [0.1, 0.15) is 39.7 Å². The number of fused-ring (bicyclic) bond motifs is 1. The Morgan fingerprint density at radius 1 is 1.17 bits per heavy atom. The van der Waals surface area contributed by atoms with Crippen molar-refractivity contribution in [2.75, 3.05) is 25.2 Å². The van der Waals surface area contributed by atoms with Gasteiger partial charge in [-0.2, -0.15) is 0 Å². The fraction of sp³-hybridized carbons (Fsp3) is 0.455. The molecule has 1 aromatic heterocycles. The van der Waals surface area contributed by atoms with Gasteiger partial charge in [-0.05, 0) is 62.1 Å². The number of ether oxygens (including phenoxy) is 1. The molecule has 2 aliphatic rings. The average molecular weight is 416 g/mol. The van der Waals surface area contributed by atoms with Crippen molar-refractivity contribution in [2.24, 2.45) is 0 Å². The minimum Gasteiger partial charge on any atom is -0.377 e. The van der Waals surface area contributed by atoms with Crippen LogP contribution in [0.25, 0.3) is 11.1 Å². The van der Waals surface area contributed by atoms with Crippen molar-refractivity contribution in [3.63, 3.8) is 0 Å². The van der Waals surface area contributed by atoms with E-state index >= 15 is 0 Å². The van der Waals surface area contributed by atoms with Crippen LogP contribution in [0.3, 0.4) is 0 Å². The lowest BCUT2D eigenvalue weighted by molar-refractivity contribution is -0.118. The lowest BCUT2D eigenvalue weighted by Crippen LogP contribution is -2.60. The van der Waals surface area contributed by atoms with Crippen molar-refractivity contribution in [3.05, 3.63) is 47.8 Å². The fourth-order valence-electron chi connectivity index (χ4n) is 3.62. The van der Waals surface area contributed by atoms with Crippen LogP contribution in [-0.4, -0.2) is 40.1 Å². The van der Waals surface area contributed by atoms with Crippen LogP contribution in [0.4, 0.5) is 5.69 Å². The summed E-state index contributed by atoms with van der Waals surface area (Å²) >= 11 is 0. The molecular formula is C22H29N3O3S. The summed E-state index contributed by atoms with van der Waals surface area (Å²) in [7, 11) is 0.611. The molecule has 0 saturated carbocycles. The first-order chi connectivity index (χ1) is 13.7. The molecule has 156 valence electrons. The zero-order valence-corrected chi connectivity index (χ0v) is 18.1. The van der Waals surface area contributed by atoms with Crippen molar-refractivity contribution in [3.8, 4) is 11.1 Å². The van der Waals surface area contributed by atoms with Gasteiger partial charge in [0, 0.05) is 38.5 Å². The van der Waals surface area contributed by atoms with E-state index in [2.05, 4.69) is 21.8 Å². The van der Waals surface area contributed by atoms with Crippen LogP contribution in [0.15, 0.2) is 36.7 Å². The fourth-order valence-corrected chi connectivity index (χ4v) is 4.51. The van der Waals surface area contributed by atoms with Crippen LogP contribution in [-0.2, 0) is 32.5 Å². The van der Waals surface area contributed by atoms with Gasteiger partial charge in [-0.25, -0.2) is 8.93 Å². The van der Waals surface area contributed by atoms with Gasteiger partial charge >= 0.3 is 0 Å². The van der Waals surface area contributed by atoms with Gasteiger partial charge in [0.25, 0.3) is 0 Å². The molecule has 1 aromatic carbocycles. The zero-order valence-electron chi connectivity index (χ0n) is 17.3. The largest absolute Gasteiger partial charge is 0.377 e. The maximum absolute atomic E-state index is 12.7. The molecule has 1 amide bonds. The third-order valence-corrected chi connectivity index (χ3v) is 7.28. The highest BCUT2D eigenvalue weighted by molar-refractivity contribution is 7.84. The molecule has 7 heteroatoms. The summed E-state index contributed by atoms with van der Waals surface area (Å²) in [5, 5.41) is 0. The van der Waals surface area contributed by atoms with Gasteiger partial charge in [0.15, 0.2) is 0 Å². The molecule has 2 aromatic rings. The first-order valence-corrected chi connectivity index (χ1v) is 11.0. The first kappa shape index (κ1) is 20.2. The molecule has 1 saturated heterocycles. The molecule has 3 heterocycles. The Labute approximate surface area is 175 Å². The number of hydrogen-bond acceptors (Lipinski definition) is 4. The minimum atomic E-state index is -1.21. The maximum atomic E-state index is 12.7. The van der Waals surface area contributed by atoms with Crippen LogP contribution < -0.4 is 9.62 Å². The number of anilines is 1. The molecule has 6 nitrogen and oxygen atoms in total. The second-order valence-electron chi connectivity index (χ2n) is 8.82. The maximum Gasteiger partial charge on any atom is 0.227 e. The minimum absolute atomic E-state index is 0. The predicted molar refractivity (Wildman–Crippen MR) is 117 cm³/mol. The zero-order chi connectivity index (χ0) is 20.8. The van der Waals surface area contributed by atoms with Crippen molar-refractivity contribution in [2.45, 2.75) is 43.9 Å². The molecule has 2 aliphatic heterocycles. The Morgan fingerprint density at radius 3 is 2.59 bits per heavy atom. The Balaban J connectivity index is 0.00000256. The normalized spacial score (nSPS) is 19.4. The number of aromatic nitrogens is 1. The van der Waals surface area contributed by atoms with Gasteiger partial charge in [-0.1, -0.05) is 6.07 Å². The summed E-state index contributed by atoms with van der Waals surface area (Å²) in [5.74, 6) is 0.152. The SMILES string of the molecule is CN1C(=O)CCc2cc(-c3cncc(C4(N[S@](=O)C(C)(C)C)COC4)c3)ccc21.[HH]. The smallest absolute Gasteiger partial charge is 0.227 e. The van der Waals surface area contributed by atoms with Gasteiger partial charge in [0.2, 0.25) is 5.91 Å². The molecule has 29 heavy (non-hydrogen) atoms. The van der Waals surface area contributed by atoms with Crippen LogP contribution in [0.5, 0.6) is 0 Å². The summed E-state index contributed by atoms with van der Waals surface area (Å²) in [4.78, 5) is 18.1. The van der Waals surface area contributed by atoms with E-state index in [-0.39, 0.29) is 12.1 Å². The van der Waals surface area contributed by atoms with Crippen molar-refractivity contribution < 1.29 is 15.2 Å². The van der Waals surface area contributed by atoms with Gasteiger partial charge in [-0.15, -0.1) is 0 Å². The van der Waals surface area contributed by atoms with Gasteiger partial charge in [0.1, 0.15) is 5.54 Å². The number of aryl methyl sites for hydroxylation is 1. The van der Waals surface area contributed by atoms with Crippen LogP contribution in [0.2, 0.25) is 0 Å². The van der Waals surface area contributed by atoms with Crippen molar-refractivity contribution in [1.29, 1.82) is 0 Å². The number of carbonyl (C=O) groups is 1. The molecular weight excluding hydrogens is 386 g/mol. The monoisotopic (exact) mass is 415 g/mol. The molecule has 0 radical (unpaired) electrons. The molecule has 1 fully saturated rings. The van der Waals surface area contributed by atoms with E-state index in [0.29, 0.717) is 19.6 Å². The van der Waals surface area contributed by atoms with Gasteiger partial charge in [0.05, 0.1) is 28.9 Å². The second kappa shape index (κ2) is 7.31. The molecule has 1 N–H and O–H groups in total. The number of carbonyl (C=O) groups excluding carboxylic acids is 1. The Hall–Kier alpha value is -2.09. The molecule has 0 unspecified atom stereocenters. The molecule has 0 aliphatic carbocycles. The van der Waals surface area contributed by atoms with E-state index in [4.69, 9.17) is 4.74 Å². The molecule has 1 atom stereocenters. The highest BCUT2D eigenvalue weighted by Gasteiger charge is 2.43. The van der Waals surface area contributed by atoms with E-state index < -0.39 is 16.5 Å². The number of benzene rings is 1. The van der Waals surface area contributed by atoms with Gasteiger partial charge < -0.3 is 9.64 Å². The Morgan fingerprint density at radius 2 is 1.93 bits per heavy atom. The summed E-state index contributed by atoms with van der Waals surface area (Å²) in [6.45, 7) is 6.79. The van der Waals surface area contributed by atoms with Gasteiger partial charge in [-0.3, -0.25) is 9.78 Å². The standard InChI is InChI=1S/C22H27N3O3S.H2/c1-21(2,3)29(27)24-22(13-28-14-22)18-10-17(11-23-12-18)15-5-7-19-16(9-15)6-8-20(26)25(19)4;/h5,7,9-12,24H,6,8,13-14H2,1-4H3;1H/t29-;/m1./s1. The van der Waals surface area contributed by atoms with Crippen LogP contribution in [0, 0.1) is 0 Å². The third kappa shape index (κ3) is 3.74. The summed E-state index contributed by atoms with van der Waals surface area (Å²) in [6.07, 6.45) is 4.96. The van der Waals surface area contributed by atoms with E-state index in [1.54, 1.807) is 4.90 Å². The van der Waals surface area contributed by atoms with E-state index in [0.717, 1.165) is 28.8 Å². The summed E-state index contributed by atoms with van der Waals surface area (Å²) in [6, 6.07) is 8.27. The molecule has 0 spiro atoms. The highest BCUT2D eigenvalue weighted by Crippen LogP contribution is 2.35. The Bertz CT molecular complexity index is 986. The van der Waals surface area contributed by atoms with Crippen molar-refractivity contribution >= 4 is 22.6 Å². The summed E-state index contributed by atoms with van der Waals surface area (Å²) in [5.41, 5.74) is 4.70. The Kier molecular flexibility index (Phi) is 5.09. The number of hydrogen-bond donors (Lipinski definition) is 1. The van der Waals surface area contributed by atoms with Crippen LogP contribution >= 0.6 is 0 Å². The molecule has 0 bridgehead atoms. The predicted octanol–water partition coefficient (Wildman–Crippen LogP) is 3.18. The van der Waals surface area contributed by atoms with E-state index in [9.17, 15) is 9.00 Å². The summed E-state index contributed by atoms with van der Waals surface area (Å²) < 4.78 is 21.1. The lowest BCUT2D eigenvalue weighted by atomic mass is 9.88. The number of nitrogens with one attached hydrogen (secondary N) is 1. The second-order valence-corrected chi connectivity index (χ2v) is 10.8. The van der Waals surface area contributed by atoms with E-state index in [1.165, 1.54) is 5.56 Å². The average Bonchev–Trinajstić information content (AvgIpc) is 2.66. The third-order valence-electron chi connectivity index (χ3n) is 5.59. The molecule has 4 rings (SSSR count). The highest BCUT2D eigenvalue weighted by atomic mass is 32.2. The first-order valence-electron chi connectivity index (χ1n) is 9.82. The quantitative estimate of drug-likeness (QED) is 0.833. The number of pyridine rings is 1. The topological polar surface area (TPSA) is 71.5 Å². The lowest BCUT2D eigenvalue weighted by Gasteiger charge is -2.43. The van der Waals surface area contributed by atoms with Crippen molar-refractivity contribution in [1.82, 2.24) is 9.71 Å². The number of rotatable bonds is 4. The number of nitrogens with zero attached hydrogens (tertiary/aromatic N) is 2.